The lowest BCUT2D eigenvalue weighted by atomic mass is 10.0. The Hall–Kier alpha value is 0.570. The lowest BCUT2D eigenvalue weighted by Crippen LogP contribution is -2.09. The van der Waals surface area contributed by atoms with Crippen LogP contribution in [0.15, 0.2) is 12.1 Å². The van der Waals surface area contributed by atoms with Crippen molar-refractivity contribution in [3.63, 3.8) is 0 Å². The van der Waals surface area contributed by atoms with Gasteiger partial charge in [0.1, 0.15) is 0 Å². The molecule has 4 heteroatoms. The van der Waals surface area contributed by atoms with E-state index in [2.05, 4.69) is 15.9 Å². The van der Waals surface area contributed by atoms with E-state index in [4.69, 9.17) is 34.8 Å². The summed E-state index contributed by atoms with van der Waals surface area (Å²) in [6.45, 7) is 4.00. The van der Waals surface area contributed by atoms with E-state index >= 15 is 0 Å². The molecular formula is C10H10BrCl3. The van der Waals surface area contributed by atoms with Crippen molar-refractivity contribution in [3.8, 4) is 0 Å². The van der Waals surface area contributed by atoms with Crippen molar-refractivity contribution in [1.82, 2.24) is 0 Å². The predicted octanol–water partition coefficient (Wildman–Crippen LogP) is 5.03. The molecule has 0 radical (unpaired) electrons. The lowest BCUT2D eigenvalue weighted by molar-refractivity contribution is 1.01. The predicted molar refractivity (Wildman–Crippen MR) is 68.0 cm³/mol. The van der Waals surface area contributed by atoms with Gasteiger partial charge in [-0.1, -0.05) is 34.8 Å². The van der Waals surface area contributed by atoms with Crippen molar-refractivity contribution in [3.05, 3.63) is 33.8 Å². The Labute approximate surface area is 108 Å². The van der Waals surface area contributed by atoms with E-state index in [1.54, 1.807) is 0 Å². The van der Waals surface area contributed by atoms with Crippen LogP contribution in [0.2, 0.25) is 5.02 Å². The number of alkyl halides is 3. The van der Waals surface area contributed by atoms with Gasteiger partial charge < -0.3 is 0 Å². The van der Waals surface area contributed by atoms with Gasteiger partial charge in [0.2, 0.25) is 0 Å². The Morgan fingerprint density at radius 3 is 2.00 bits per heavy atom. The molecule has 0 aliphatic rings. The summed E-state index contributed by atoms with van der Waals surface area (Å²) in [4.78, 5) is 0. The summed E-state index contributed by atoms with van der Waals surface area (Å²) in [5.41, 5.74) is 3.36. The molecule has 0 aliphatic heterocycles. The SMILES string of the molecule is Cc1cc(Cl)cc(C)c1CC(Cl)(Cl)Br. The van der Waals surface area contributed by atoms with Crippen LogP contribution in [-0.2, 0) is 6.42 Å². The van der Waals surface area contributed by atoms with Gasteiger partial charge in [0.15, 0.2) is 3.24 Å². The monoisotopic (exact) mass is 314 g/mol. The molecule has 14 heavy (non-hydrogen) atoms. The Morgan fingerprint density at radius 2 is 1.64 bits per heavy atom. The molecular weight excluding hydrogens is 306 g/mol. The minimum Gasteiger partial charge on any atom is -0.0885 e. The largest absolute Gasteiger partial charge is 0.176 e. The van der Waals surface area contributed by atoms with Crippen LogP contribution >= 0.6 is 50.7 Å². The summed E-state index contributed by atoms with van der Waals surface area (Å²) in [5.74, 6) is 0. The Morgan fingerprint density at radius 1 is 1.21 bits per heavy atom. The summed E-state index contributed by atoms with van der Waals surface area (Å²) in [6, 6.07) is 3.83. The molecule has 0 fully saturated rings. The van der Waals surface area contributed by atoms with Crippen molar-refractivity contribution < 1.29 is 0 Å². The second kappa shape index (κ2) is 4.61. The standard InChI is InChI=1S/C10H10BrCl3/c1-6-3-8(12)4-7(2)9(6)5-10(11,13)14/h3-4H,5H2,1-2H3. The smallest absolute Gasteiger partial charge is 0.0885 e. The van der Waals surface area contributed by atoms with E-state index in [1.165, 1.54) is 0 Å². The summed E-state index contributed by atoms with van der Waals surface area (Å²) in [6.07, 6.45) is 0.560. The lowest BCUT2D eigenvalue weighted by Gasteiger charge is -2.16. The van der Waals surface area contributed by atoms with E-state index in [1.807, 2.05) is 26.0 Å². The fourth-order valence-electron chi connectivity index (χ4n) is 1.42. The minimum absolute atomic E-state index is 0.560. The highest BCUT2D eigenvalue weighted by Gasteiger charge is 2.21. The molecule has 1 aromatic rings. The van der Waals surface area contributed by atoms with E-state index in [-0.39, 0.29) is 0 Å². The van der Waals surface area contributed by atoms with Crippen LogP contribution in [0.5, 0.6) is 0 Å². The normalized spacial score (nSPS) is 11.9. The highest BCUT2D eigenvalue weighted by molar-refractivity contribution is 9.11. The van der Waals surface area contributed by atoms with Gasteiger partial charge in [0, 0.05) is 11.4 Å². The third-order valence-corrected chi connectivity index (χ3v) is 2.80. The van der Waals surface area contributed by atoms with Crippen molar-refractivity contribution in [2.45, 2.75) is 23.5 Å². The summed E-state index contributed by atoms with van der Waals surface area (Å²) in [5, 5.41) is 0.744. The molecule has 0 unspecified atom stereocenters. The first-order valence-electron chi connectivity index (χ1n) is 4.12. The topological polar surface area (TPSA) is 0 Å². The first kappa shape index (κ1) is 12.6. The first-order chi connectivity index (χ1) is 6.29. The third-order valence-electron chi connectivity index (χ3n) is 2.04. The number of hydrogen-bond acceptors (Lipinski definition) is 0. The average Bonchev–Trinajstić information content (AvgIpc) is 1.95. The van der Waals surface area contributed by atoms with Crippen LogP contribution in [0, 0.1) is 13.8 Å². The molecule has 0 aliphatic carbocycles. The highest BCUT2D eigenvalue weighted by atomic mass is 79.9. The first-order valence-corrected chi connectivity index (χ1v) is 6.04. The second-order valence-electron chi connectivity index (χ2n) is 3.31. The number of aryl methyl sites for hydroxylation is 2. The summed E-state index contributed by atoms with van der Waals surface area (Å²) < 4.78 is -0.906. The number of halogens is 4. The number of benzene rings is 1. The quantitative estimate of drug-likeness (QED) is 0.672. The van der Waals surface area contributed by atoms with Gasteiger partial charge in [0.05, 0.1) is 0 Å². The van der Waals surface area contributed by atoms with Crippen LogP contribution < -0.4 is 0 Å². The number of rotatable bonds is 2. The fraction of sp³-hybridized carbons (Fsp3) is 0.400. The van der Waals surface area contributed by atoms with E-state index in [0.29, 0.717) is 6.42 Å². The molecule has 0 N–H and O–H groups in total. The zero-order valence-corrected chi connectivity index (χ0v) is 11.7. The zero-order chi connectivity index (χ0) is 10.9. The molecule has 0 spiro atoms. The molecule has 0 aromatic heterocycles. The number of hydrogen-bond donors (Lipinski definition) is 0. The van der Waals surface area contributed by atoms with Crippen LogP contribution in [0.4, 0.5) is 0 Å². The molecule has 0 heterocycles. The molecule has 0 nitrogen and oxygen atoms in total. The molecule has 78 valence electrons. The van der Waals surface area contributed by atoms with Gasteiger partial charge in [0.25, 0.3) is 0 Å². The zero-order valence-electron chi connectivity index (χ0n) is 7.87. The molecule has 0 saturated heterocycles. The maximum absolute atomic E-state index is 5.92. The Kier molecular flexibility index (Phi) is 4.16. The van der Waals surface area contributed by atoms with Gasteiger partial charge >= 0.3 is 0 Å². The van der Waals surface area contributed by atoms with Crippen molar-refractivity contribution in [2.75, 3.05) is 0 Å². The molecule has 1 aromatic carbocycles. The van der Waals surface area contributed by atoms with Gasteiger partial charge in [-0.25, -0.2) is 0 Å². The van der Waals surface area contributed by atoms with Crippen LogP contribution in [0.25, 0.3) is 0 Å². The van der Waals surface area contributed by atoms with Gasteiger partial charge in [-0.2, -0.15) is 0 Å². The van der Waals surface area contributed by atoms with E-state index < -0.39 is 3.24 Å². The Balaban J connectivity index is 3.09. The molecule has 0 saturated carbocycles. The molecule has 0 amide bonds. The second-order valence-corrected chi connectivity index (χ2v) is 7.50. The van der Waals surface area contributed by atoms with Crippen LogP contribution in [-0.4, -0.2) is 3.24 Å². The molecule has 0 atom stereocenters. The molecule has 0 bridgehead atoms. The van der Waals surface area contributed by atoms with E-state index in [9.17, 15) is 0 Å². The van der Waals surface area contributed by atoms with Gasteiger partial charge in [-0.05, 0) is 58.6 Å². The van der Waals surface area contributed by atoms with Crippen molar-refractivity contribution in [2.24, 2.45) is 0 Å². The third kappa shape index (κ3) is 3.62. The fourth-order valence-corrected chi connectivity index (χ4v) is 2.29. The summed E-state index contributed by atoms with van der Waals surface area (Å²) in [7, 11) is 0. The van der Waals surface area contributed by atoms with Crippen LogP contribution in [0.1, 0.15) is 16.7 Å². The van der Waals surface area contributed by atoms with Gasteiger partial charge in [-0.3, -0.25) is 0 Å². The highest BCUT2D eigenvalue weighted by Crippen LogP contribution is 2.35. The molecule has 1 rings (SSSR count). The summed E-state index contributed by atoms with van der Waals surface area (Å²) >= 11 is 20.9. The van der Waals surface area contributed by atoms with Crippen molar-refractivity contribution >= 4 is 50.7 Å². The van der Waals surface area contributed by atoms with Crippen LogP contribution in [0.3, 0.4) is 0 Å². The maximum atomic E-state index is 5.92. The van der Waals surface area contributed by atoms with Crippen molar-refractivity contribution in [1.29, 1.82) is 0 Å². The van der Waals surface area contributed by atoms with E-state index in [0.717, 1.165) is 21.7 Å². The average molecular weight is 316 g/mol. The minimum atomic E-state index is -0.906. The Bertz CT molecular complexity index is 319. The van der Waals surface area contributed by atoms with Gasteiger partial charge in [-0.15, -0.1) is 0 Å². The maximum Gasteiger partial charge on any atom is 0.176 e.